The van der Waals surface area contributed by atoms with E-state index in [1.54, 1.807) is 26.2 Å². The van der Waals surface area contributed by atoms with Crippen LogP contribution in [-0.4, -0.2) is 48.8 Å². The summed E-state index contributed by atoms with van der Waals surface area (Å²) in [5, 5.41) is 25.0. The standard InChI is InChI=1S/C41H62N2O4/c1-26(2)29-16-21-41(36(46)42-24-25-43(8,9)47)23-22-39(6)31(34(29)41)14-15-33-38(5)19-17-30(27-10-12-28(13-11-27)35(44)45)37(3,4)32(38)18-20-40(33,39)7/h10-13,17,26,29,31-34H,14-16,18-25H2,1-9H3,(H,42,46)(H,44,45)/t29-,31?,32-,33+,34+,38-,39+,40?,41-/m0/s1. The van der Waals surface area contributed by atoms with Gasteiger partial charge in [0, 0.05) is 0 Å². The van der Waals surface area contributed by atoms with Crippen molar-refractivity contribution in [3.8, 4) is 0 Å². The van der Waals surface area contributed by atoms with E-state index in [2.05, 4.69) is 59.9 Å². The van der Waals surface area contributed by atoms with Crippen LogP contribution in [0.15, 0.2) is 30.3 Å². The Hall–Kier alpha value is -2.18. The number of carboxylic acid groups (broad SMARTS) is 1. The first-order valence-corrected chi connectivity index (χ1v) is 18.7. The summed E-state index contributed by atoms with van der Waals surface area (Å²) in [5.74, 6) is 2.60. The molecule has 6 nitrogen and oxygen atoms in total. The van der Waals surface area contributed by atoms with Gasteiger partial charge in [0.15, 0.2) is 0 Å². The van der Waals surface area contributed by atoms with E-state index < -0.39 is 5.97 Å². The molecule has 0 aliphatic heterocycles. The Bertz CT molecular complexity index is 1420. The summed E-state index contributed by atoms with van der Waals surface area (Å²) >= 11 is 0. The predicted octanol–water partition coefficient (Wildman–Crippen LogP) is 8.81. The molecule has 6 heteroatoms. The molecule has 0 radical (unpaired) electrons. The van der Waals surface area contributed by atoms with Gasteiger partial charge in [0.1, 0.15) is 0 Å². The number of fused-ring (bicyclic) bond motifs is 7. The van der Waals surface area contributed by atoms with E-state index in [4.69, 9.17) is 0 Å². The first-order valence-electron chi connectivity index (χ1n) is 18.7. The van der Waals surface area contributed by atoms with Gasteiger partial charge < -0.3 is 20.3 Å². The molecular weight excluding hydrogens is 584 g/mol. The van der Waals surface area contributed by atoms with Crippen LogP contribution in [0.4, 0.5) is 0 Å². The maximum Gasteiger partial charge on any atom is 0.335 e. The van der Waals surface area contributed by atoms with Crippen LogP contribution in [0.25, 0.3) is 5.57 Å². The highest BCUT2D eigenvalue weighted by atomic mass is 16.5. The molecule has 1 aromatic carbocycles. The smallest absolute Gasteiger partial charge is 0.335 e. The highest BCUT2D eigenvalue weighted by Gasteiger charge is 2.71. The summed E-state index contributed by atoms with van der Waals surface area (Å²) in [6.45, 7) is 18.4. The van der Waals surface area contributed by atoms with Gasteiger partial charge in [-0.2, -0.15) is 0 Å². The molecule has 0 spiro atoms. The van der Waals surface area contributed by atoms with Gasteiger partial charge >= 0.3 is 5.97 Å². The van der Waals surface area contributed by atoms with Crippen LogP contribution < -0.4 is 5.32 Å². The van der Waals surface area contributed by atoms with E-state index in [9.17, 15) is 19.9 Å². The molecule has 0 saturated heterocycles. The van der Waals surface area contributed by atoms with Crippen LogP contribution >= 0.6 is 0 Å². The van der Waals surface area contributed by atoms with Crippen molar-refractivity contribution in [2.75, 3.05) is 27.2 Å². The van der Waals surface area contributed by atoms with Gasteiger partial charge in [0.25, 0.3) is 0 Å². The number of amides is 1. The monoisotopic (exact) mass is 646 g/mol. The van der Waals surface area contributed by atoms with Gasteiger partial charge in [0.2, 0.25) is 5.91 Å². The van der Waals surface area contributed by atoms with Gasteiger partial charge in [-0.05, 0) is 138 Å². The molecule has 4 fully saturated rings. The summed E-state index contributed by atoms with van der Waals surface area (Å²) < 4.78 is -0.379. The molecule has 2 N–H and O–H groups in total. The number of quaternary nitrogens is 1. The lowest BCUT2D eigenvalue weighted by molar-refractivity contribution is -0.838. The molecule has 6 rings (SSSR count). The molecule has 4 saturated carbocycles. The average molecular weight is 647 g/mol. The van der Waals surface area contributed by atoms with E-state index in [0.717, 1.165) is 37.7 Å². The maximum atomic E-state index is 14.3. The molecule has 0 heterocycles. The average Bonchev–Trinajstić information content (AvgIpc) is 3.38. The van der Waals surface area contributed by atoms with Crippen molar-refractivity contribution in [1.29, 1.82) is 0 Å². The van der Waals surface area contributed by atoms with Gasteiger partial charge in [-0.1, -0.05) is 66.7 Å². The minimum atomic E-state index is -0.878. The predicted molar refractivity (Wildman–Crippen MR) is 189 cm³/mol. The van der Waals surface area contributed by atoms with Crippen LogP contribution in [0.5, 0.6) is 0 Å². The number of nitrogens with one attached hydrogen (secondary N) is 1. The second-order valence-electron chi connectivity index (χ2n) is 18.8. The Morgan fingerprint density at radius 3 is 2.21 bits per heavy atom. The molecule has 47 heavy (non-hydrogen) atoms. The number of likely N-dealkylation sites (N-methyl/N-ethyl adjacent to an activating group) is 1. The van der Waals surface area contributed by atoms with Crippen LogP contribution in [0.1, 0.15) is 122 Å². The Labute approximate surface area is 284 Å². The number of benzene rings is 1. The van der Waals surface area contributed by atoms with Crippen molar-refractivity contribution in [3.05, 3.63) is 46.7 Å². The number of nitrogens with zero attached hydrogens (tertiary/aromatic N) is 1. The Morgan fingerprint density at radius 1 is 0.915 bits per heavy atom. The normalized spacial score (nSPS) is 40.8. The summed E-state index contributed by atoms with van der Waals surface area (Å²) in [6, 6.07) is 7.53. The molecule has 1 amide bonds. The van der Waals surface area contributed by atoms with Crippen LogP contribution in [-0.2, 0) is 4.79 Å². The summed E-state index contributed by atoms with van der Waals surface area (Å²) in [7, 11) is 3.31. The van der Waals surface area contributed by atoms with Crippen molar-refractivity contribution in [1.82, 2.24) is 5.32 Å². The van der Waals surface area contributed by atoms with E-state index in [0.29, 0.717) is 54.2 Å². The summed E-state index contributed by atoms with van der Waals surface area (Å²) in [4.78, 5) is 25.8. The SMILES string of the molecule is CC(C)[C@@H]1CC[C@]2(C(=O)NCC[N+](C)(C)[O-])CC[C@]3(C)C(CC[C@H]4C3(C)CC[C@H]3C(C)(C)C(c5ccc(C(=O)O)cc5)=CC[C@@]34C)[C@@H]12. The Kier molecular flexibility index (Phi) is 8.44. The van der Waals surface area contributed by atoms with Crippen molar-refractivity contribution in [2.45, 2.75) is 106 Å². The molecular formula is C41H62N2O4. The zero-order valence-corrected chi connectivity index (χ0v) is 30.7. The van der Waals surface area contributed by atoms with E-state index >= 15 is 0 Å². The molecule has 2 unspecified atom stereocenters. The fourth-order valence-corrected chi connectivity index (χ4v) is 13.3. The third kappa shape index (κ3) is 5.16. The highest BCUT2D eigenvalue weighted by molar-refractivity contribution is 5.88. The summed E-state index contributed by atoms with van der Waals surface area (Å²) in [5.41, 5.74) is 3.15. The van der Waals surface area contributed by atoms with Gasteiger partial charge in [-0.25, -0.2) is 4.79 Å². The minimum Gasteiger partial charge on any atom is -0.633 e. The fourth-order valence-electron chi connectivity index (χ4n) is 13.3. The first-order chi connectivity index (χ1) is 21.8. The van der Waals surface area contributed by atoms with Crippen molar-refractivity contribution >= 4 is 17.4 Å². The molecule has 0 aromatic heterocycles. The van der Waals surface area contributed by atoms with Crippen LogP contribution in [0.3, 0.4) is 0 Å². The number of carbonyl (C=O) groups excluding carboxylic acids is 1. The number of aromatic carboxylic acids is 1. The van der Waals surface area contributed by atoms with E-state index in [1.807, 2.05) is 12.1 Å². The Morgan fingerprint density at radius 2 is 1.60 bits per heavy atom. The number of hydrogen-bond acceptors (Lipinski definition) is 3. The zero-order chi connectivity index (χ0) is 34.4. The quantitative estimate of drug-likeness (QED) is 0.229. The number of hydrogen-bond donors (Lipinski definition) is 2. The number of rotatable bonds is 7. The molecule has 5 aliphatic carbocycles. The number of carbonyl (C=O) groups is 2. The first kappa shape index (κ1) is 34.7. The molecule has 260 valence electrons. The largest absolute Gasteiger partial charge is 0.633 e. The fraction of sp³-hybridized carbons (Fsp3) is 0.756. The second-order valence-corrected chi connectivity index (χ2v) is 18.8. The molecule has 9 atom stereocenters. The van der Waals surface area contributed by atoms with Gasteiger partial charge in [-0.15, -0.1) is 0 Å². The molecule has 1 aromatic rings. The minimum absolute atomic E-state index is 0.0117. The lowest BCUT2D eigenvalue weighted by Gasteiger charge is -2.72. The van der Waals surface area contributed by atoms with E-state index in [1.165, 1.54) is 31.3 Å². The van der Waals surface area contributed by atoms with Crippen molar-refractivity contribution in [2.24, 2.45) is 62.6 Å². The maximum absolute atomic E-state index is 14.3. The van der Waals surface area contributed by atoms with Crippen molar-refractivity contribution < 1.29 is 19.3 Å². The lowest BCUT2D eigenvalue weighted by atomic mass is 9.32. The molecule has 5 aliphatic rings. The van der Waals surface area contributed by atoms with Crippen molar-refractivity contribution in [3.63, 3.8) is 0 Å². The third-order valence-corrected chi connectivity index (χ3v) is 15.7. The second kappa shape index (κ2) is 11.4. The van der Waals surface area contributed by atoms with E-state index in [-0.39, 0.29) is 37.6 Å². The van der Waals surface area contributed by atoms with Crippen LogP contribution in [0, 0.1) is 67.8 Å². The topological polar surface area (TPSA) is 89.5 Å². The lowest BCUT2D eigenvalue weighted by Crippen LogP contribution is -2.66. The highest BCUT2D eigenvalue weighted by Crippen LogP contribution is 2.77. The number of allylic oxidation sites excluding steroid dienone is 2. The van der Waals surface area contributed by atoms with Gasteiger partial charge in [-0.3, -0.25) is 4.79 Å². The number of hydroxylamine groups is 3. The number of carboxylic acids is 1. The molecule has 0 bridgehead atoms. The third-order valence-electron chi connectivity index (χ3n) is 15.7. The van der Waals surface area contributed by atoms with Crippen LogP contribution in [0.2, 0.25) is 0 Å². The summed E-state index contributed by atoms with van der Waals surface area (Å²) in [6.07, 6.45) is 12.7. The zero-order valence-electron chi connectivity index (χ0n) is 30.7. The Balaban J connectivity index is 1.32. The van der Waals surface area contributed by atoms with Gasteiger partial charge in [0.05, 0.1) is 38.2 Å².